The Labute approximate surface area is 199 Å². The number of piperidine rings is 2. The van der Waals surface area contributed by atoms with Crippen LogP contribution in [-0.4, -0.2) is 60.5 Å². The summed E-state index contributed by atoms with van der Waals surface area (Å²) in [6.07, 6.45) is 9.35. The molecule has 4 fully saturated rings. The molecule has 3 amide bonds. The summed E-state index contributed by atoms with van der Waals surface area (Å²) in [6, 6.07) is 0.972. The van der Waals surface area contributed by atoms with Gasteiger partial charge in [-0.3, -0.25) is 4.79 Å². The predicted octanol–water partition coefficient (Wildman–Crippen LogP) is 3.73. The Balaban J connectivity index is 1.30. The average Bonchev–Trinajstić information content (AvgIpc) is 2.78. The van der Waals surface area contributed by atoms with Crippen molar-refractivity contribution in [3.05, 3.63) is 0 Å². The van der Waals surface area contributed by atoms with E-state index in [0.717, 1.165) is 70.9 Å². The van der Waals surface area contributed by atoms with Crippen LogP contribution in [0, 0.1) is 29.6 Å². The van der Waals surface area contributed by atoms with Gasteiger partial charge in [0.2, 0.25) is 5.91 Å². The molecule has 7 unspecified atom stereocenters. The zero-order valence-electron chi connectivity index (χ0n) is 20.1. The molecule has 4 rings (SSSR count). The van der Waals surface area contributed by atoms with E-state index in [1.807, 2.05) is 7.05 Å². The van der Waals surface area contributed by atoms with Gasteiger partial charge in [0, 0.05) is 49.6 Å². The number of hydrogen-bond donors (Lipinski definition) is 3. The minimum Gasteiger partial charge on any atom is -0.342 e. The molecule has 0 aromatic carbocycles. The first-order chi connectivity index (χ1) is 15.3. The summed E-state index contributed by atoms with van der Waals surface area (Å²) < 4.78 is 0. The molecule has 0 radical (unpaired) electrons. The predicted molar refractivity (Wildman–Crippen MR) is 129 cm³/mol. The molecule has 2 saturated heterocycles. The summed E-state index contributed by atoms with van der Waals surface area (Å²) in [5.41, 5.74) is 0. The molecule has 7 atom stereocenters. The number of amides is 3. The van der Waals surface area contributed by atoms with Gasteiger partial charge in [0.1, 0.15) is 0 Å². The van der Waals surface area contributed by atoms with Crippen molar-refractivity contribution in [1.29, 1.82) is 0 Å². The van der Waals surface area contributed by atoms with E-state index in [4.69, 9.17) is 11.6 Å². The van der Waals surface area contributed by atoms with Crippen LogP contribution >= 0.6 is 11.6 Å². The van der Waals surface area contributed by atoms with Gasteiger partial charge in [-0.05, 0) is 88.4 Å². The molecule has 3 N–H and O–H groups in total. The lowest BCUT2D eigenvalue weighted by Gasteiger charge is -2.50. The monoisotopic (exact) mass is 466 g/mol. The number of nitrogens with zero attached hydrogens (tertiary/aromatic N) is 1. The van der Waals surface area contributed by atoms with Gasteiger partial charge >= 0.3 is 6.03 Å². The van der Waals surface area contributed by atoms with Crippen molar-refractivity contribution >= 4 is 23.5 Å². The second-order valence-corrected chi connectivity index (χ2v) is 11.9. The Hall–Kier alpha value is -1.01. The smallest absolute Gasteiger partial charge is 0.315 e. The number of hydrogen-bond acceptors (Lipinski definition) is 3. The standard InChI is InChI=1S/C25H43ClN4O2/c1-15-4-9-20(29-25(32)28-13-17-5-7-19(26)8-6-17)12-21(15)22-11-18-14-27-16(2)10-23(18)30(3)24(22)31/h15-23,27H,4-14H2,1-3H3,(H2,28,29,32). The summed E-state index contributed by atoms with van der Waals surface area (Å²) in [5, 5.41) is 10.3. The Kier molecular flexibility index (Phi) is 7.92. The quantitative estimate of drug-likeness (QED) is 0.552. The van der Waals surface area contributed by atoms with Gasteiger partial charge in [0.15, 0.2) is 0 Å². The van der Waals surface area contributed by atoms with Crippen LogP contribution in [0.3, 0.4) is 0 Å². The molecule has 4 aliphatic rings. The SMILES string of the molecule is CC1CC2C(CN1)CC(C1CC(NC(=O)NCC3CCC(Cl)CC3)CCC1C)C(=O)N2C. The van der Waals surface area contributed by atoms with Crippen molar-refractivity contribution in [2.24, 2.45) is 29.6 Å². The summed E-state index contributed by atoms with van der Waals surface area (Å²) >= 11 is 6.20. The normalized spacial score (nSPS) is 42.8. The van der Waals surface area contributed by atoms with Gasteiger partial charge in [-0.25, -0.2) is 4.79 Å². The molecule has 0 aromatic heterocycles. The topological polar surface area (TPSA) is 73.5 Å². The van der Waals surface area contributed by atoms with Gasteiger partial charge in [-0.15, -0.1) is 11.6 Å². The number of urea groups is 1. The number of carbonyl (C=O) groups is 2. The minimum absolute atomic E-state index is 0.0473. The van der Waals surface area contributed by atoms with Crippen molar-refractivity contribution in [1.82, 2.24) is 20.9 Å². The van der Waals surface area contributed by atoms with Crippen LogP contribution in [0.5, 0.6) is 0 Å². The van der Waals surface area contributed by atoms with E-state index in [1.54, 1.807) is 0 Å². The van der Waals surface area contributed by atoms with Gasteiger partial charge < -0.3 is 20.9 Å². The third-order valence-electron chi connectivity index (χ3n) is 9.02. The average molecular weight is 467 g/mol. The first-order valence-corrected chi connectivity index (χ1v) is 13.4. The molecule has 2 saturated carbocycles. The first-order valence-electron chi connectivity index (χ1n) is 13.0. The third-order valence-corrected chi connectivity index (χ3v) is 9.46. The summed E-state index contributed by atoms with van der Waals surface area (Å²) in [4.78, 5) is 28.0. The van der Waals surface area contributed by atoms with Crippen LogP contribution in [0.1, 0.15) is 71.6 Å². The highest BCUT2D eigenvalue weighted by molar-refractivity contribution is 6.20. The van der Waals surface area contributed by atoms with Gasteiger partial charge in [-0.1, -0.05) is 6.92 Å². The van der Waals surface area contributed by atoms with E-state index in [-0.39, 0.29) is 18.0 Å². The van der Waals surface area contributed by atoms with Crippen LogP contribution < -0.4 is 16.0 Å². The Morgan fingerprint density at radius 2 is 1.84 bits per heavy atom. The van der Waals surface area contributed by atoms with E-state index in [2.05, 4.69) is 34.7 Å². The van der Waals surface area contributed by atoms with Crippen molar-refractivity contribution in [3.8, 4) is 0 Å². The Morgan fingerprint density at radius 3 is 2.59 bits per heavy atom. The molecule has 2 aliphatic heterocycles. The fourth-order valence-electron chi connectivity index (χ4n) is 6.90. The summed E-state index contributed by atoms with van der Waals surface area (Å²) in [6.45, 7) is 6.27. The highest BCUT2D eigenvalue weighted by Gasteiger charge is 2.47. The molecule has 32 heavy (non-hydrogen) atoms. The zero-order valence-corrected chi connectivity index (χ0v) is 20.9. The van der Waals surface area contributed by atoms with Crippen molar-refractivity contribution in [2.75, 3.05) is 20.1 Å². The molecule has 2 aliphatic carbocycles. The second-order valence-electron chi connectivity index (χ2n) is 11.3. The molecule has 0 bridgehead atoms. The first kappa shape index (κ1) is 24.1. The van der Waals surface area contributed by atoms with Crippen LogP contribution in [-0.2, 0) is 4.79 Å². The molecule has 0 spiro atoms. The highest BCUT2D eigenvalue weighted by Crippen LogP contribution is 2.43. The number of carbonyl (C=O) groups excluding carboxylic acids is 2. The Morgan fingerprint density at radius 1 is 1.09 bits per heavy atom. The lowest BCUT2D eigenvalue weighted by atomic mass is 9.65. The van der Waals surface area contributed by atoms with Crippen molar-refractivity contribution in [2.45, 2.75) is 95.1 Å². The maximum absolute atomic E-state index is 13.4. The lowest BCUT2D eigenvalue weighted by Crippen LogP contribution is -2.60. The lowest BCUT2D eigenvalue weighted by molar-refractivity contribution is -0.148. The van der Waals surface area contributed by atoms with Crippen LogP contribution in [0.25, 0.3) is 0 Å². The van der Waals surface area contributed by atoms with Crippen LogP contribution in [0.2, 0.25) is 0 Å². The number of alkyl halides is 1. The number of fused-ring (bicyclic) bond motifs is 1. The van der Waals surface area contributed by atoms with E-state index >= 15 is 0 Å². The van der Waals surface area contributed by atoms with Crippen molar-refractivity contribution < 1.29 is 9.59 Å². The maximum atomic E-state index is 13.4. The molecular weight excluding hydrogens is 424 g/mol. The van der Waals surface area contributed by atoms with E-state index < -0.39 is 0 Å². The van der Waals surface area contributed by atoms with E-state index in [9.17, 15) is 9.59 Å². The fourth-order valence-corrected chi connectivity index (χ4v) is 7.15. The number of rotatable bonds is 4. The van der Waals surface area contributed by atoms with Gasteiger partial charge in [-0.2, -0.15) is 0 Å². The molecular formula is C25H43ClN4O2. The highest BCUT2D eigenvalue weighted by atomic mass is 35.5. The maximum Gasteiger partial charge on any atom is 0.315 e. The summed E-state index contributed by atoms with van der Waals surface area (Å²) in [5.74, 6) is 2.39. The van der Waals surface area contributed by atoms with Crippen LogP contribution in [0.15, 0.2) is 0 Å². The zero-order chi connectivity index (χ0) is 22.8. The summed E-state index contributed by atoms with van der Waals surface area (Å²) in [7, 11) is 2.01. The molecule has 2 heterocycles. The number of likely N-dealkylation sites (tertiary alicyclic amines) is 1. The van der Waals surface area contributed by atoms with Gasteiger partial charge in [0.05, 0.1) is 0 Å². The fraction of sp³-hybridized carbons (Fsp3) is 0.920. The molecule has 0 aromatic rings. The van der Waals surface area contributed by atoms with Gasteiger partial charge in [0.25, 0.3) is 0 Å². The number of nitrogens with one attached hydrogen (secondary N) is 3. The van der Waals surface area contributed by atoms with E-state index in [0.29, 0.717) is 47.0 Å². The largest absolute Gasteiger partial charge is 0.342 e. The second kappa shape index (κ2) is 10.5. The molecule has 182 valence electrons. The van der Waals surface area contributed by atoms with Crippen LogP contribution in [0.4, 0.5) is 4.79 Å². The molecule has 6 nitrogen and oxygen atoms in total. The number of halogens is 1. The third kappa shape index (κ3) is 5.55. The van der Waals surface area contributed by atoms with E-state index in [1.165, 1.54) is 0 Å². The Bertz CT molecular complexity index is 668. The minimum atomic E-state index is -0.0473. The molecule has 7 heteroatoms. The van der Waals surface area contributed by atoms with Crippen molar-refractivity contribution in [3.63, 3.8) is 0 Å².